The zero-order valence-corrected chi connectivity index (χ0v) is 20.4. The van der Waals surface area contributed by atoms with E-state index < -0.39 is 47.5 Å². The van der Waals surface area contributed by atoms with Gasteiger partial charge in [-0.15, -0.1) is 0 Å². The number of likely N-dealkylation sites (tertiary alicyclic amines) is 1. The number of ether oxygens (including phenoxy) is 2. The van der Waals surface area contributed by atoms with E-state index in [1.807, 2.05) is 13.0 Å². The molecule has 10 heteroatoms. The van der Waals surface area contributed by atoms with Crippen molar-refractivity contribution in [3.8, 4) is 0 Å². The lowest BCUT2D eigenvalue weighted by atomic mass is 9.70. The van der Waals surface area contributed by atoms with Gasteiger partial charge >= 0.3 is 5.97 Å². The van der Waals surface area contributed by atoms with Gasteiger partial charge in [0.05, 0.1) is 47.9 Å². The Labute approximate surface area is 199 Å². The average molecular weight is 530 g/mol. The summed E-state index contributed by atoms with van der Waals surface area (Å²) >= 11 is 9.89. The zero-order valence-electron chi connectivity index (χ0n) is 18.0. The maximum Gasteiger partial charge on any atom is 0.312 e. The number of alkyl halides is 1. The second kappa shape index (κ2) is 8.59. The van der Waals surface area contributed by atoms with Crippen molar-refractivity contribution in [1.82, 2.24) is 4.90 Å². The van der Waals surface area contributed by atoms with E-state index in [1.165, 1.54) is 4.90 Å². The lowest BCUT2D eigenvalue weighted by molar-refractivity contribution is -0.155. The molecule has 4 rings (SSSR count). The number of hydrogen-bond acceptors (Lipinski definition) is 6. The van der Waals surface area contributed by atoms with Crippen LogP contribution < -0.4 is 5.32 Å². The molecule has 3 fully saturated rings. The van der Waals surface area contributed by atoms with Gasteiger partial charge in [0.15, 0.2) is 0 Å². The first-order valence-electron chi connectivity index (χ1n) is 10.7. The van der Waals surface area contributed by atoms with Crippen molar-refractivity contribution in [3.63, 3.8) is 0 Å². The number of fused-ring (bicyclic) bond motifs is 1. The number of hydrogen-bond donors (Lipinski definition) is 2. The quantitative estimate of drug-likeness (QED) is 0.433. The van der Waals surface area contributed by atoms with Crippen LogP contribution in [-0.2, 0) is 23.9 Å². The molecule has 2 bridgehead atoms. The van der Waals surface area contributed by atoms with Crippen LogP contribution in [-0.4, -0.2) is 69.6 Å². The number of nitrogens with one attached hydrogen (secondary N) is 1. The number of aliphatic hydroxyl groups excluding tert-OH is 1. The summed E-state index contributed by atoms with van der Waals surface area (Å²) in [5.74, 6) is -3.06. The Balaban J connectivity index is 1.77. The van der Waals surface area contributed by atoms with E-state index in [0.717, 1.165) is 5.56 Å². The number of esters is 1. The normalized spacial score (nSPS) is 33.9. The maximum absolute atomic E-state index is 13.7. The van der Waals surface area contributed by atoms with E-state index in [-0.39, 0.29) is 23.9 Å². The molecular formula is C22H26BrClN2O6. The Hall–Kier alpha value is -1.68. The number of anilines is 1. The smallest absolute Gasteiger partial charge is 0.312 e. The molecule has 0 aromatic heterocycles. The number of benzene rings is 1. The number of rotatable bonds is 6. The Morgan fingerprint density at radius 2 is 2.19 bits per heavy atom. The van der Waals surface area contributed by atoms with Crippen LogP contribution in [0.25, 0.3) is 0 Å². The minimum Gasteiger partial charge on any atom is -0.466 e. The van der Waals surface area contributed by atoms with Crippen molar-refractivity contribution >= 4 is 51.0 Å². The number of aliphatic hydroxyl groups is 1. The summed E-state index contributed by atoms with van der Waals surface area (Å²) in [6, 6.07) is 3.58. The van der Waals surface area contributed by atoms with Gasteiger partial charge in [0.2, 0.25) is 11.8 Å². The van der Waals surface area contributed by atoms with Crippen LogP contribution in [0, 0.1) is 18.8 Å². The summed E-state index contributed by atoms with van der Waals surface area (Å²) in [6.45, 7) is 5.02. The van der Waals surface area contributed by atoms with Crippen molar-refractivity contribution in [2.75, 3.05) is 18.5 Å². The van der Waals surface area contributed by atoms with Crippen molar-refractivity contribution < 1.29 is 29.0 Å². The summed E-state index contributed by atoms with van der Waals surface area (Å²) in [6.07, 6.45) is -0.204. The van der Waals surface area contributed by atoms with Gasteiger partial charge in [0, 0.05) is 4.83 Å². The van der Waals surface area contributed by atoms with Gasteiger partial charge in [-0.2, -0.15) is 0 Å². The second-order valence-corrected chi connectivity index (χ2v) is 10.2. The number of nitrogens with zero attached hydrogens (tertiary/aromatic N) is 1. The van der Waals surface area contributed by atoms with Gasteiger partial charge in [-0.05, 0) is 38.8 Å². The number of carbonyl (C=O) groups is 3. The predicted molar refractivity (Wildman–Crippen MR) is 121 cm³/mol. The third-order valence-corrected chi connectivity index (χ3v) is 7.90. The first-order chi connectivity index (χ1) is 15.2. The van der Waals surface area contributed by atoms with Crippen LogP contribution >= 0.6 is 27.5 Å². The number of aryl methyl sites for hydroxylation is 1. The van der Waals surface area contributed by atoms with Crippen molar-refractivity contribution in [2.45, 2.75) is 55.8 Å². The van der Waals surface area contributed by atoms with Gasteiger partial charge in [0.1, 0.15) is 11.6 Å². The first-order valence-corrected chi connectivity index (χ1v) is 11.9. The van der Waals surface area contributed by atoms with Gasteiger partial charge < -0.3 is 24.8 Å². The number of carbonyl (C=O) groups excluding carboxylic acids is 3. The van der Waals surface area contributed by atoms with E-state index in [4.69, 9.17) is 21.1 Å². The van der Waals surface area contributed by atoms with E-state index in [1.54, 1.807) is 26.0 Å². The van der Waals surface area contributed by atoms with Gasteiger partial charge in [-0.1, -0.05) is 39.7 Å². The standard InChI is InChI=1S/C22H26BrClN2O6/c1-4-31-21(30)14-15-20(29)26(11(3)9-27)18(22(15)8-12(23)17(14)32-22)19(28)25-16-10(2)6-5-7-13(16)24/h5-7,11-12,14-15,17-18,27H,4,8-9H2,1-3H3,(H,25,28)/t11-,12?,14+,15-,17+,18+,22-/m1/s1. The lowest BCUT2D eigenvalue weighted by Crippen LogP contribution is -2.56. The molecule has 3 heterocycles. The molecule has 0 radical (unpaired) electrons. The van der Waals surface area contributed by atoms with Crippen molar-refractivity contribution in [3.05, 3.63) is 28.8 Å². The summed E-state index contributed by atoms with van der Waals surface area (Å²) in [5, 5.41) is 13.1. The molecule has 1 aromatic carbocycles. The average Bonchev–Trinajstić information content (AvgIpc) is 3.33. The molecule has 32 heavy (non-hydrogen) atoms. The van der Waals surface area contributed by atoms with E-state index in [2.05, 4.69) is 21.2 Å². The van der Waals surface area contributed by atoms with Gasteiger partial charge in [0.25, 0.3) is 0 Å². The minimum absolute atomic E-state index is 0.176. The fourth-order valence-electron chi connectivity index (χ4n) is 5.42. The molecule has 2 N–H and O–H groups in total. The highest BCUT2D eigenvalue weighted by Crippen LogP contribution is 2.60. The molecule has 3 saturated heterocycles. The van der Waals surface area contributed by atoms with Crippen LogP contribution in [0.4, 0.5) is 5.69 Å². The zero-order chi connectivity index (χ0) is 23.4. The predicted octanol–water partition coefficient (Wildman–Crippen LogP) is 2.28. The van der Waals surface area contributed by atoms with Crippen molar-refractivity contribution in [2.24, 2.45) is 11.8 Å². The summed E-state index contributed by atoms with van der Waals surface area (Å²) in [4.78, 5) is 41.2. The second-order valence-electron chi connectivity index (χ2n) is 8.61. The lowest BCUT2D eigenvalue weighted by Gasteiger charge is -2.35. The Kier molecular flexibility index (Phi) is 6.30. The fourth-order valence-corrected chi connectivity index (χ4v) is 6.63. The summed E-state index contributed by atoms with van der Waals surface area (Å²) in [7, 11) is 0. The monoisotopic (exact) mass is 528 g/mol. The van der Waals surface area contributed by atoms with E-state index in [0.29, 0.717) is 17.1 Å². The van der Waals surface area contributed by atoms with Gasteiger partial charge in [-0.3, -0.25) is 14.4 Å². The molecule has 1 spiro atoms. The molecule has 3 aliphatic heterocycles. The highest BCUT2D eigenvalue weighted by atomic mass is 79.9. The van der Waals surface area contributed by atoms with Crippen LogP contribution in [0.5, 0.6) is 0 Å². The van der Waals surface area contributed by atoms with E-state index in [9.17, 15) is 19.5 Å². The molecule has 1 unspecified atom stereocenters. The molecule has 2 amide bonds. The molecular weight excluding hydrogens is 504 g/mol. The van der Waals surface area contributed by atoms with E-state index >= 15 is 0 Å². The molecule has 1 aromatic rings. The maximum atomic E-state index is 13.7. The highest BCUT2D eigenvalue weighted by Gasteiger charge is 2.77. The Bertz CT molecular complexity index is 940. The largest absolute Gasteiger partial charge is 0.466 e. The molecule has 0 saturated carbocycles. The third-order valence-electron chi connectivity index (χ3n) is 6.74. The Morgan fingerprint density at radius 3 is 2.81 bits per heavy atom. The van der Waals surface area contributed by atoms with Crippen LogP contribution in [0.1, 0.15) is 25.8 Å². The minimum atomic E-state index is -1.21. The third kappa shape index (κ3) is 3.36. The molecule has 3 aliphatic rings. The molecule has 7 atom stereocenters. The SMILES string of the molecule is CCOC(=O)[C@@H]1[C@H]2O[C@@]3(CC2Br)[C@H](C(=O)Nc2c(C)cccc2Cl)N([C@H](C)CO)C(=O)[C@@H]13. The molecule has 8 nitrogen and oxygen atoms in total. The Morgan fingerprint density at radius 1 is 1.47 bits per heavy atom. The van der Waals surface area contributed by atoms with Crippen LogP contribution in [0.2, 0.25) is 5.02 Å². The number of amides is 2. The molecule has 0 aliphatic carbocycles. The molecule has 174 valence electrons. The summed E-state index contributed by atoms with van der Waals surface area (Å²) in [5.41, 5.74) is 0.00840. The highest BCUT2D eigenvalue weighted by molar-refractivity contribution is 9.09. The van der Waals surface area contributed by atoms with Crippen LogP contribution in [0.15, 0.2) is 18.2 Å². The number of para-hydroxylation sites is 1. The fraction of sp³-hybridized carbons (Fsp3) is 0.591. The van der Waals surface area contributed by atoms with Crippen LogP contribution in [0.3, 0.4) is 0 Å². The summed E-state index contributed by atoms with van der Waals surface area (Å²) < 4.78 is 11.6. The topological polar surface area (TPSA) is 105 Å². The number of halogens is 2. The first kappa shape index (κ1) is 23.5. The van der Waals surface area contributed by atoms with Gasteiger partial charge in [-0.25, -0.2) is 0 Å². The van der Waals surface area contributed by atoms with Crippen molar-refractivity contribution in [1.29, 1.82) is 0 Å².